The molecule has 0 aromatic heterocycles. The molecular formula is C13H20N2O2S. The van der Waals surface area contributed by atoms with Gasteiger partial charge in [0, 0.05) is 10.5 Å². The van der Waals surface area contributed by atoms with E-state index < -0.39 is 17.2 Å². The fourth-order valence-electron chi connectivity index (χ4n) is 2.66. The molecule has 0 aliphatic carbocycles. The van der Waals surface area contributed by atoms with Crippen molar-refractivity contribution in [2.75, 3.05) is 0 Å². The molecule has 2 aliphatic rings. The molecule has 18 heavy (non-hydrogen) atoms. The lowest BCUT2D eigenvalue weighted by Crippen LogP contribution is -2.52. The normalized spacial score (nSPS) is 34.8. The number of nitriles is 1. The largest absolute Gasteiger partial charge is 0.444 e. The summed E-state index contributed by atoms with van der Waals surface area (Å²) in [6.07, 6.45) is 3.33. The number of carbonyl (C=O) groups excluding carboxylic acids is 1. The summed E-state index contributed by atoms with van der Waals surface area (Å²) in [6, 6.07) is 2.31. The van der Waals surface area contributed by atoms with E-state index in [0.717, 1.165) is 25.7 Å². The summed E-state index contributed by atoms with van der Waals surface area (Å²) >= 11 is 1.97. The van der Waals surface area contributed by atoms with Crippen LogP contribution in [-0.2, 0) is 4.74 Å². The van der Waals surface area contributed by atoms with E-state index in [1.165, 1.54) is 0 Å². The number of nitrogens with one attached hydrogen (secondary N) is 1. The molecule has 0 aromatic carbocycles. The fraction of sp³-hybridized carbons (Fsp3) is 0.846. The Labute approximate surface area is 112 Å². The highest BCUT2D eigenvalue weighted by Crippen LogP contribution is 2.47. The zero-order chi connectivity index (χ0) is 13.4. The first-order valence-electron chi connectivity index (χ1n) is 6.40. The van der Waals surface area contributed by atoms with Crippen LogP contribution in [0, 0.1) is 11.3 Å². The molecule has 0 spiro atoms. The van der Waals surface area contributed by atoms with Gasteiger partial charge in [-0.3, -0.25) is 0 Å². The van der Waals surface area contributed by atoms with E-state index in [-0.39, 0.29) is 0 Å². The Kier molecular flexibility index (Phi) is 3.50. The second-order valence-electron chi connectivity index (χ2n) is 6.19. The van der Waals surface area contributed by atoms with Crippen LogP contribution in [0.3, 0.4) is 0 Å². The standard InChI is InChI=1S/C13H20N2O2S/c1-12(2,3)17-11(16)15-13(8-14)6-9-4-5-10(7-13)18-9/h9-10H,4-7H2,1-3H3,(H,15,16). The molecule has 2 heterocycles. The molecule has 2 saturated heterocycles. The van der Waals surface area contributed by atoms with Gasteiger partial charge in [-0.15, -0.1) is 0 Å². The highest BCUT2D eigenvalue weighted by atomic mass is 32.2. The van der Waals surface area contributed by atoms with E-state index in [4.69, 9.17) is 4.74 Å². The third-order valence-electron chi connectivity index (χ3n) is 3.30. The average molecular weight is 268 g/mol. The number of hydrogen-bond donors (Lipinski definition) is 1. The molecule has 1 amide bonds. The van der Waals surface area contributed by atoms with Crippen molar-refractivity contribution in [3.63, 3.8) is 0 Å². The number of hydrogen-bond acceptors (Lipinski definition) is 4. The van der Waals surface area contributed by atoms with E-state index in [9.17, 15) is 10.1 Å². The van der Waals surface area contributed by atoms with Gasteiger partial charge in [0.05, 0.1) is 6.07 Å². The lowest BCUT2D eigenvalue weighted by atomic mass is 9.91. The van der Waals surface area contributed by atoms with Crippen molar-refractivity contribution in [3.05, 3.63) is 0 Å². The van der Waals surface area contributed by atoms with E-state index in [0.29, 0.717) is 10.5 Å². The van der Waals surface area contributed by atoms with E-state index in [2.05, 4.69) is 11.4 Å². The average Bonchev–Trinajstić information content (AvgIpc) is 2.55. The quantitative estimate of drug-likeness (QED) is 0.794. The Morgan fingerprint density at radius 3 is 2.39 bits per heavy atom. The Bertz CT molecular complexity index is 371. The highest BCUT2D eigenvalue weighted by molar-refractivity contribution is 8.00. The van der Waals surface area contributed by atoms with Crippen molar-refractivity contribution in [1.82, 2.24) is 5.32 Å². The SMILES string of the molecule is CC(C)(C)OC(=O)NC1(C#N)CC2CCC(C1)S2. The summed E-state index contributed by atoms with van der Waals surface area (Å²) in [5.74, 6) is 0. The van der Waals surface area contributed by atoms with Crippen LogP contribution in [0.5, 0.6) is 0 Å². The molecule has 0 radical (unpaired) electrons. The molecular weight excluding hydrogens is 248 g/mol. The number of rotatable bonds is 1. The summed E-state index contributed by atoms with van der Waals surface area (Å²) in [4.78, 5) is 11.8. The predicted molar refractivity (Wildman–Crippen MR) is 71.3 cm³/mol. The smallest absolute Gasteiger partial charge is 0.408 e. The monoisotopic (exact) mass is 268 g/mol. The Balaban J connectivity index is 2.01. The van der Waals surface area contributed by atoms with Gasteiger partial charge in [-0.05, 0) is 46.5 Å². The fourth-order valence-corrected chi connectivity index (χ4v) is 4.51. The van der Waals surface area contributed by atoms with E-state index in [1.807, 2.05) is 32.5 Å². The van der Waals surface area contributed by atoms with Gasteiger partial charge < -0.3 is 10.1 Å². The van der Waals surface area contributed by atoms with Crippen LogP contribution in [0.15, 0.2) is 0 Å². The molecule has 2 aliphatic heterocycles. The number of fused-ring (bicyclic) bond motifs is 2. The topological polar surface area (TPSA) is 62.1 Å². The highest BCUT2D eigenvalue weighted by Gasteiger charge is 2.46. The van der Waals surface area contributed by atoms with Gasteiger partial charge in [0.2, 0.25) is 0 Å². The third-order valence-corrected chi connectivity index (χ3v) is 4.88. The molecule has 4 nitrogen and oxygen atoms in total. The van der Waals surface area contributed by atoms with Gasteiger partial charge in [-0.1, -0.05) is 0 Å². The summed E-state index contributed by atoms with van der Waals surface area (Å²) in [5, 5.41) is 13.3. The summed E-state index contributed by atoms with van der Waals surface area (Å²) in [6.45, 7) is 5.48. The summed E-state index contributed by atoms with van der Waals surface area (Å²) < 4.78 is 5.25. The molecule has 0 saturated carbocycles. The first kappa shape index (κ1) is 13.5. The van der Waals surface area contributed by atoms with Gasteiger partial charge >= 0.3 is 6.09 Å². The minimum Gasteiger partial charge on any atom is -0.444 e. The van der Waals surface area contributed by atoms with Gasteiger partial charge in [0.1, 0.15) is 11.1 Å². The molecule has 2 fully saturated rings. The van der Waals surface area contributed by atoms with Crippen molar-refractivity contribution < 1.29 is 9.53 Å². The Hall–Kier alpha value is -0.890. The van der Waals surface area contributed by atoms with Gasteiger partial charge in [-0.2, -0.15) is 17.0 Å². The molecule has 2 rings (SSSR count). The zero-order valence-corrected chi connectivity index (χ0v) is 12.0. The minimum absolute atomic E-state index is 0.477. The molecule has 5 heteroatoms. The first-order chi connectivity index (χ1) is 8.32. The van der Waals surface area contributed by atoms with Crippen molar-refractivity contribution in [3.8, 4) is 6.07 Å². The third kappa shape index (κ3) is 3.11. The minimum atomic E-state index is -0.723. The number of thioether (sulfide) groups is 1. The summed E-state index contributed by atoms with van der Waals surface area (Å²) in [5.41, 5.74) is -1.25. The predicted octanol–water partition coefficient (Wildman–Crippen LogP) is 2.83. The molecule has 2 atom stereocenters. The summed E-state index contributed by atoms with van der Waals surface area (Å²) in [7, 11) is 0. The second-order valence-corrected chi connectivity index (χ2v) is 7.79. The molecule has 2 bridgehead atoms. The van der Waals surface area contributed by atoms with Crippen molar-refractivity contribution >= 4 is 17.9 Å². The van der Waals surface area contributed by atoms with Crippen LogP contribution in [-0.4, -0.2) is 27.7 Å². The molecule has 2 unspecified atom stereocenters. The van der Waals surface area contributed by atoms with Gasteiger partial charge in [-0.25, -0.2) is 4.79 Å². The maximum Gasteiger partial charge on any atom is 0.408 e. The number of carbonyl (C=O) groups is 1. The molecule has 1 N–H and O–H groups in total. The second kappa shape index (κ2) is 4.65. The molecule has 100 valence electrons. The maximum absolute atomic E-state index is 11.8. The van der Waals surface area contributed by atoms with Crippen LogP contribution in [0.25, 0.3) is 0 Å². The van der Waals surface area contributed by atoms with Gasteiger partial charge in [0.25, 0.3) is 0 Å². The van der Waals surface area contributed by atoms with Gasteiger partial charge in [0.15, 0.2) is 0 Å². The van der Waals surface area contributed by atoms with Crippen LogP contribution in [0.2, 0.25) is 0 Å². The number of alkyl carbamates (subject to hydrolysis) is 1. The lowest BCUT2D eigenvalue weighted by Gasteiger charge is -2.35. The van der Waals surface area contributed by atoms with E-state index >= 15 is 0 Å². The van der Waals surface area contributed by atoms with Crippen LogP contribution in [0.1, 0.15) is 46.5 Å². The Morgan fingerprint density at radius 1 is 1.39 bits per heavy atom. The Morgan fingerprint density at radius 2 is 1.94 bits per heavy atom. The first-order valence-corrected chi connectivity index (χ1v) is 7.34. The maximum atomic E-state index is 11.8. The zero-order valence-electron chi connectivity index (χ0n) is 11.2. The van der Waals surface area contributed by atoms with Crippen molar-refractivity contribution in [1.29, 1.82) is 5.26 Å². The number of amides is 1. The number of nitrogens with zero attached hydrogens (tertiary/aromatic N) is 1. The van der Waals surface area contributed by atoms with Crippen LogP contribution in [0.4, 0.5) is 4.79 Å². The van der Waals surface area contributed by atoms with Crippen LogP contribution >= 0.6 is 11.8 Å². The van der Waals surface area contributed by atoms with E-state index in [1.54, 1.807) is 0 Å². The van der Waals surface area contributed by atoms with Crippen molar-refractivity contribution in [2.24, 2.45) is 0 Å². The molecule has 0 aromatic rings. The number of ether oxygens (including phenoxy) is 1. The lowest BCUT2D eigenvalue weighted by molar-refractivity contribution is 0.0472. The van der Waals surface area contributed by atoms with Crippen LogP contribution < -0.4 is 5.32 Å². The van der Waals surface area contributed by atoms with Crippen molar-refractivity contribution in [2.45, 2.75) is 68.1 Å².